The SMILES string of the molecule is Nc1cc2oc(Cc3ccccc3F)nc2cc1Cl. The Labute approximate surface area is 113 Å². The zero-order valence-electron chi connectivity index (χ0n) is 9.86. The second-order valence-electron chi connectivity index (χ2n) is 4.22. The van der Waals surface area contributed by atoms with Gasteiger partial charge in [0.1, 0.15) is 11.3 Å². The highest BCUT2D eigenvalue weighted by molar-refractivity contribution is 6.33. The van der Waals surface area contributed by atoms with Gasteiger partial charge in [-0.3, -0.25) is 0 Å². The van der Waals surface area contributed by atoms with E-state index in [1.807, 2.05) is 0 Å². The highest BCUT2D eigenvalue weighted by Crippen LogP contribution is 2.27. The quantitative estimate of drug-likeness (QED) is 0.725. The van der Waals surface area contributed by atoms with Crippen LogP contribution in [0.15, 0.2) is 40.8 Å². The molecule has 0 atom stereocenters. The summed E-state index contributed by atoms with van der Waals surface area (Å²) in [6, 6.07) is 9.79. The summed E-state index contributed by atoms with van der Waals surface area (Å²) in [7, 11) is 0. The summed E-state index contributed by atoms with van der Waals surface area (Å²) in [4.78, 5) is 4.28. The van der Waals surface area contributed by atoms with E-state index in [1.165, 1.54) is 6.07 Å². The number of benzene rings is 2. The van der Waals surface area contributed by atoms with Crippen LogP contribution in [0.3, 0.4) is 0 Å². The van der Waals surface area contributed by atoms with Gasteiger partial charge in [0, 0.05) is 6.07 Å². The van der Waals surface area contributed by atoms with Crippen molar-refractivity contribution in [2.75, 3.05) is 5.73 Å². The van der Waals surface area contributed by atoms with E-state index >= 15 is 0 Å². The lowest BCUT2D eigenvalue weighted by Crippen LogP contribution is -1.91. The van der Waals surface area contributed by atoms with Crippen LogP contribution in [0.1, 0.15) is 11.5 Å². The van der Waals surface area contributed by atoms with Crippen molar-refractivity contribution in [1.82, 2.24) is 4.98 Å². The summed E-state index contributed by atoms with van der Waals surface area (Å²) in [6.45, 7) is 0. The van der Waals surface area contributed by atoms with E-state index in [2.05, 4.69) is 4.98 Å². The predicted molar refractivity (Wildman–Crippen MR) is 72.6 cm³/mol. The third kappa shape index (κ3) is 2.27. The average Bonchev–Trinajstić information content (AvgIpc) is 2.74. The van der Waals surface area contributed by atoms with E-state index in [1.54, 1.807) is 30.3 Å². The molecule has 3 aromatic rings. The Hall–Kier alpha value is -2.07. The minimum absolute atomic E-state index is 0.276. The average molecular weight is 277 g/mol. The van der Waals surface area contributed by atoms with Crippen molar-refractivity contribution in [3.05, 3.63) is 58.7 Å². The summed E-state index contributed by atoms with van der Waals surface area (Å²) in [5.74, 6) is 0.157. The van der Waals surface area contributed by atoms with Crippen LogP contribution >= 0.6 is 11.6 Å². The second-order valence-corrected chi connectivity index (χ2v) is 4.62. The van der Waals surface area contributed by atoms with Crippen molar-refractivity contribution in [1.29, 1.82) is 0 Å². The Kier molecular flexibility index (Phi) is 2.87. The lowest BCUT2D eigenvalue weighted by Gasteiger charge is -1.98. The number of nitrogens with two attached hydrogens (primary N) is 1. The molecule has 2 aromatic carbocycles. The predicted octanol–water partition coefficient (Wildman–Crippen LogP) is 3.79. The van der Waals surface area contributed by atoms with Crippen molar-refractivity contribution in [2.45, 2.75) is 6.42 Å². The molecular formula is C14H10ClFN2O. The molecule has 0 saturated carbocycles. The lowest BCUT2D eigenvalue weighted by atomic mass is 10.1. The van der Waals surface area contributed by atoms with Crippen LogP contribution in [0.5, 0.6) is 0 Å². The van der Waals surface area contributed by atoms with Gasteiger partial charge < -0.3 is 10.2 Å². The maximum absolute atomic E-state index is 13.5. The first-order valence-corrected chi connectivity index (χ1v) is 6.09. The molecular weight excluding hydrogens is 267 g/mol. The topological polar surface area (TPSA) is 52.0 Å². The lowest BCUT2D eigenvalue weighted by molar-refractivity contribution is 0.534. The molecule has 0 amide bonds. The van der Waals surface area contributed by atoms with E-state index in [0.717, 1.165) is 0 Å². The van der Waals surface area contributed by atoms with Crippen LogP contribution in [0.4, 0.5) is 10.1 Å². The van der Waals surface area contributed by atoms with Crippen LogP contribution in [0.2, 0.25) is 5.02 Å². The largest absolute Gasteiger partial charge is 0.440 e. The molecule has 0 fully saturated rings. The van der Waals surface area contributed by atoms with Crippen molar-refractivity contribution >= 4 is 28.4 Å². The Morgan fingerprint density at radius 1 is 1.26 bits per heavy atom. The van der Waals surface area contributed by atoms with E-state index in [0.29, 0.717) is 39.7 Å². The molecule has 0 aliphatic carbocycles. The maximum Gasteiger partial charge on any atom is 0.200 e. The molecule has 1 aromatic heterocycles. The van der Waals surface area contributed by atoms with Gasteiger partial charge in [0.15, 0.2) is 11.5 Å². The summed E-state index contributed by atoms with van der Waals surface area (Å²) in [5, 5.41) is 0.429. The van der Waals surface area contributed by atoms with E-state index in [4.69, 9.17) is 21.8 Å². The molecule has 3 rings (SSSR count). The molecule has 0 bridgehead atoms. The summed E-state index contributed by atoms with van der Waals surface area (Å²) in [5.41, 5.74) is 7.83. The standard InChI is InChI=1S/C14H10ClFN2O/c15-9-6-12-13(7-11(9)17)19-14(18-12)5-8-3-1-2-4-10(8)16/h1-4,6-7H,5,17H2. The summed E-state index contributed by atoms with van der Waals surface area (Å²) >= 11 is 5.92. The number of oxazole rings is 1. The van der Waals surface area contributed by atoms with Crippen LogP contribution < -0.4 is 5.73 Å². The van der Waals surface area contributed by atoms with Crippen LogP contribution in [-0.4, -0.2) is 4.98 Å². The number of rotatable bonds is 2. The smallest absolute Gasteiger partial charge is 0.200 e. The number of hydrogen-bond donors (Lipinski definition) is 1. The van der Waals surface area contributed by atoms with E-state index in [9.17, 15) is 4.39 Å². The number of anilines is 1. The van der Waals surface area contributed by atoms with Gasteiger partial charge in [0.25, 0.3) is 0 Å². The highest BCUT2D eigenvalue weighted by atomic mass is 35.5. The number of hydrogen-bond acceptors (Lipinski definition) is 3. The Bertz CT molecular complexity index is 715. The van der Waals surface area contributed by atoms with Gasteiger partial charge in [-0.2, -0.15) is 0 Å². The number of fused-ring (bicyclic) bond motifs is 1. The molecule has 1 heterocycles. The van der Waals surface area contributed by atoms with Gasteiger partial charge in [-0.25, -0.2) is 9.37 Å². The number of nitrogens with zero attached hydrogens (tertiary/aromatic N) is 1. The molecule has 0 aliphatic rings. The molecule has 0 spiro atoms. The first-order chi connectivity index (χ1) is 9.13. The first kappa shape index (κ1) is 12.0. The van der Waals surface area contributed by atoms with E-state index in [-0.39, 0.29) is 5.82 Å². The van der Waals surface area contributed by atoms with Gasteiger partial charge >= 0.3 is 0 Å². The Balaban J connectivity index is 2.00. The molecule has 0 saturated heterocycles. The van der Waals surface area contributed by atoms with Gasteiger partial charge in [-0.15, -0.1) is 0 Å². The van der Waals surface area contributed by atoms with Crippen LogP contribution in [0.25, 0.3) is 11.1 Å². The fourth-order valence-electron chi connectivity index (χ4n) is 1.89. The third-order valence-electron chi connectivity index (χ3n) is 2.85. The summed E-state index contributed by atoms with van der Waals surface area (Å²) in [6.07, 6.45) is 0.291. The monoisotopic (exact) mass is 276 g/mol. The van der Waals surface area contributed by atoms with Crippen molar-refractivity contribution in [3.8, 4) is 0 Å². The summed E-state index contributed by atoms with van der Waals surface area (Å²) < 4.78 is 19.1. The maximum atomic E-state index is 13.5. The molecule has 3 nitrogen and oxygen atoms in total. The van der Waals surface area contributed by atoms with Crippen molar-refractivity contribution in [2.24, 2.45) is 0 Å². The fourth-order valence-corrected chi connectivity index (χ4v) is 2.05. The number of halogens is 2. The molecule has 5 heteroatoms. The zero-order chi connectivity index (χ0) is 13.4. The molecule has 0 unspecified atom stereocenters. The second kappa shape index (κ2) is 4.55. The Morgan fingerprint density at radius 2 is 2.05 bits per heavy atom. The highest BCUT2D eigenvalue weighted by Gasteiger charge is 2.11. The van der Waals surface area contributed by atoms with Gasteiger partial charge in [-0.05, 0) is 17.7 Å². The molecule has 0 aliphatic heterocycles. The van der Waals surface area contributed by atoms with Gasteiger partial charge in [0.2, 0.25) is 0 Å². The first-order valence-electron chi connectivity index (χ1n) is 5.71. The van der Waals surface area contributed by atoms with Crippen LogP contribution in [0, 0.1) is 5.82 Å². The molecule has 0 radical (unpaired) electrons. The van der Waals surface area contributed by atoms with Gasteiger partial charge in [0.05, 0.1) is 17.1 Å². The number of nitrogen functional groups attached to an aromatic ring is 1. The molecule has 19 heavy (non-hydrogen) atoms. The zero-order valence-corrected chi connectivity index (χ0v) is 10.6. The minimum Gasteiger partial charge on any atom is -0.440 e. The minimum atomic E-state index is -0.276. The third-order valence-corrected chi connectivity index (χ3v) is 3.18. The fraction of sp³-hybridized carbons (Fsp3) is 0.0714. The van der Waals surface area contributed by atoms with Crippen molar-refractivity contribution < 1.29 is 8.81 Å². The number of aromatic nitrogens is 1. The molecule has 96 valence electrons. The van der Waals surface area contributed by atoms with Crippen molar-refractivity contribution in [3.63, 3.8) is 0 Å². The van der Waals surface area contributed by atoms with E-state index < -0.39 is 0 Å². The molecule has 2 N–H and O–H groups in total. The van der Waals surface area contributed by atoms with Crippen LogP contribution in [-0.2, 0) is 6.42 Å². The Morgan fingerprint density at radius 3 is 2.84 bits per heavy atom. The normalized spacial score (nSPS) is 11.1. The van der Waals surface area contributed by atoms with Gasteiger partial charge in [-0.1, -0.05) is 29.8 Å².